The highest BCUT2D eigenvalue weighted by molar-refractivity contribution is 6.54. The van der Waals surface area contributed by atoms with Crippen LogP contribution in [-0.4, -0.2) is 23.8 Å². The fourth-order valence-corrected chi connectivity index (χ4v) is 3.43. The Bertz CT molecular complexity index is 910. The largest absolute Gasteiger partial charge is 0.359 e. The van der Waals surface area contributed by atoms with Crippen LogP contribution in [0, 0.1) is 0 Å². The van der Waals surface area contributed by atoms with E-state index in [1.54, 1.807) is 0 Å². The van der Waals surface area contributed by atoms with Crippen LogP contribution in [0.15, 0.2) is 94.9 Å². The zero-order chi connectivity index (χ0) is 17.3. The number of rotatable bonds is 2. The Hall–Kier alpha value is -3.40. The molecular weight excluding hydrogens is 320 g/mol. The topological polar surface area (TPSA) is 48.8 Å². The molecule has 26 heavy (non-hydrogen) atoms. The molecule has 3 aromatic rings. The number of nitrogens with one attached hydrogen (secondary N) is 2. The molecule has 0 amide bonds. The van der Waals surface area contributed by atoms with Crippen LogP contribution in [0.2, 0.25) is 0 Å². The molecule has 0 spiro atoms. The van der Waals surface area contributed by atoms with E-state index in [1.807, 2.05) is 48.5 Å². The minimum Gasteiger partial charge on any atom is -0.359 e. The van der Waals surface area contributed by atoms with Gasteiger partial charge in [-0.3, -0.25) is 9.98 Å². The molecule has 0 saturated carbocycles. The molecule has 0 saturated heterocycles. The van der Waals surface area contributed by atoms with Crippen molar-refractivity contribution in [2.24, 2.45) is 9.98 Å². The van der Waals surface area contributed by atoms with E-state index in [9.17, 15) is 0 Å². The Kier molecular flexibility index (Phi) is 3.53. The molecule has 2 N–H and O–H groups in total. The summed E-state index contributed by atoms with van der Waals surface area (Å²) in [5.41, 5.74) is 6.12. The summed E-state index contributed by atoms with van der Waals surface area (Å²) >= 11 is 0. The van der Waals surface area contributed by atoms with Crippen LogP contribution in [0.4, 0.5) is 11.4 Å². The first kappa shape index (κ1) is 14.9. The molecule has 3 aromatic carbocycles. The van der Waals surface area contributed by atoms with Gasteiger partial charge in [-0.05, 0) is 12.1 Å². The van der Waals surface area contributed by atoms with Gasteiger partial charge in [0.05, 0.1) is 22.8 Å². The fraction of sp³-hybridized carbons (Fsp3) is 0.0909. The van der Waals surface area contributed by atoms with Gasteiger partial charge < -0.3 is 10.6 Å². The van der Waals surface area contributed by atoms with E-state index in [1.165, 1.54) is 0 Å². The molecule has 4 heteroatoms. The van der Waals surface area contributed by atoms with E-state index < -0.39 is 0 Å². The van der Waals surface area contributed by atoms with Crippen LogP contribution in [0.3, 0.4) is 0 Å². The molecule has 0 radical (unpaired) electrons. The molecule has 2 heterocycles. The van der Waals surface area contributed by atoms with Gasteiger partial charge in [-0.15, -0.1) is 0 Å². The summed E-state index contributed by atoms with van der Waals surface area (Å²) < 4.78 is 0. The highest BCUT2D eigenvalue weighted by Crippen LogP contribution is 2.31. The third-order valence-electron chi connectivity index (χ3n) is 4.69. The summed E-state index contributed by atoms with van der Waals surface area (Å²) in [6.07, 6.45) is -0.264. The van der Waals surface area contributed by atoms with E-state index in [-0.39, 0.29) is 12.3 Å². The van der Waals surface area contributed by atoms with Crippen LogP contribution in [0.1, 0.15) is 11.1 Å². The molecule has 2 atom stereocenters. The average molecular weight is 338 g/mol. The highest BCUT2D eigenvalue weighted by Gasteiger charge is 2.32. The Balaban J connectivity index is 1.63. The first-order valence-electron chi connectivity index (χ1n) is 8.77. The maximum atomic E-state index is 5.04. The minimum absolute atomic E-state index is 0.132. The lowest BCUT2D eigenvalue weighted by Crippen LogP contribution is -2.45. The molecule has 2 aliphatic heterocycles. The number of benzene rings is 3. The Labute approximate surface area is 152 Å². The maximum Gasteiger partial charge on any atom is 0.160 e. The first-order valence-corrected chi connectivity index (χ1v) is 8.77. The van der Waals surface area contributed by atoms with Crippen LogP contribution in [0.25, 0.3) is 0 Å². The van der Waals surface area contributed by atoms with Crippen molar-refractivity contribution in [2.75, 3.05) is 10.6 Å². The number of hydrogen-bond acceptors (Lipinski definition) is 4. The fourth-order valence-electron chi connectivity index (χ4n) is 3.43. The maximum absolute atomic E-state index is 5.04. The normalized spacial score (nSPS) is 20.6. The van der Waals surface area contributed by atoms with Crippen molar-refractivity contribution in [1.82, 2.24) is 0 Å². The summed E-state index contributed by atoms with van der Waals surface area (Å²) in [6.45, 7) is 0. The van der Waals surface area contributed by atoms with Gasteiger partial charge in [0.1, 0.15) is 0 Å². The van der Waals surface area contributed by atoms with E-state index >= 15 is 0 Å². The quantitative estimate of drug-likeness (QED) is 0.737. The molecule has 0 aromatic heterocycles. The van der Waals surface area contributed by atoms with Gasteiger partial charge in [0, 0.05) is 11.1 Å². The third kappa shape index (κ3) is 2.56. The van der Waals surface area contributed by atoms with E-state index in [0.717, 1.165) is 33.9 Å². The molecule has 4 nitrogen and oxygen atoms in total. The number of aliphatic imine (C=N–C) groups is 2. The SMILES string of the molecule is c1ccc(C2=N[C@@H]3Nc4ccccc4N[C@H]3N=C2c2ccccc2)cc1. The number of fused-ring (bicyclic) bond motifs is 2. The Morgan fingerprint density at radius 1 is 0.500 bits per heavy atom. The summed E-state index contributed by atoms with van der Waals surface area (Å²) in [6, 6.07) is 28.7. The molecule has 0 fully saturated rings. The first-order chi connectivity index (χ1) is 12.9. The van der Waals surface area contributed by atoms with Crippen molar-refractivity contribution >= 4 is 22.8 Å². The monoisotopic (exact) mass is 338 g/mol. The zero-order valence-corrected chi connectivity index (χ0v) is 14.1. The zero-order valence-electron chi connectivity index (χ0n) is 14.1. The predicted molar refractivity (Wildman–Crippen MR) is 107 cm³/mol. The van der Waals surface area contributed by atoms with Crippen molar-refractivity contribution in [3.05, 3.63) is 96.1 Å². The second-order valence-corrected chi connectivity index (χ2v) is 6.41. The smallest absolute Gasteiger partial charge is 0.160 e. The minimum atomic E-state index is -0.132. The van der Waals surface area contributed by atoms with Crippen molar-refractivity contribution < 1.29 is 0 Å². The lowest BCUT2D eigenvalue weighted by atomic mass is 9.97. The van der Waals surface area contributed by atoms with Crippen LogP contribution < -0.4 is 10.6 Å². The molecule has 0 bridgehead atoms. The number of nitrogens with zero attached hydrogens (tertiary/aromatic N) is 2. The van der Waals surface area contributed by atoms with E-state index in [2.05, 4.69) is 47.0 Å². The van der Waals surface area contributed by atoms with E-state index in [0.29, 0.717) is 0 Å². The number of hydrogen-bond donors (Lipinski definition) is 2. The van der Waals surface area contributed by atoms with Gasteiger partial charge in [-0.1, -0.05) is 72.8 Å². The van der Waals surface area contributed by atoms with Crippen LogP contribution in [0.5, 0.6) is 0 Å². The van der Waals surface area contributed by atoms with Crippen molar-refractivity contribution in [3.63, 3.8) is 0 Å². The second-order valence-electron chi connectivity index (χ2n) is 6.41. The van der Waals surface area contributed by atoms with Crippen molar-refractivity contribution in [2.45, 2.75) is 12.3 Å². The Morgan fingerprint density at radius 2 is 0.885 bits per heavy atom. The summed E-state index contributed by atoms with van der Waals surface area (Å²) in [5.74, 6) is 0. The van der Waals surface area contributed by atoms with Crippen molar-refractivity contribution in [1.29, 1.82) is 0 Å². The molecule has 0 aliphatic carbocycles. The van der Waals surface area contributed by atoms with Crippen LogP contribution in [-0.2, 0) is 0 Å². The molecule has 2 aliphatic rings. The molecule has 0 unspecified atom stereocenters. The average Bonchev–Trinajstić information content (AvgIpc) is 2.72. The molecule has 5 rings (SSSR count). The van der Waals surface area contributed by atoms with Crippen molar-refractivity contribution in [3.8, 4) is 0 Å². The summed E-state index contributed by atoms with van der Waals surface area (Å²) in [4.78, 5) is 10.1. The van der Waals surface area contributed by atoms with Crippen LogP contribution >= 0.6 is 0 Å². The standard InChI is InChI=1S/C22H18N4/c1-3-9-15(10-4-1)19-20(16-11-5-2-6-12-16)26-22-21(25-19)23-17-13-7-8-14-18(17)24-22/h1-14,21-24H/t21-,22-/m0/s1. The van der Waals surface area contributed by atoms with Gasteiger partial charge in [0.2, 0.25) is 0 Å². The van der Waals surface area contributed by atoms with Gasteiger partial charge >= 0.3 is 0 Å². The van der Waals surface area contributed by atoms with Gasteiger partial charge in [-0.2, -0.15) is 0 Å². The predicted octanol–water partition coefficient (Wildman–Crippen LogP) is 4.17. The lowest BCUT2D eigenvalue weighted by molar-refractivity contribution is 0.615. The molecular formula is C22H18N4. The summed E-state index contributed by atoms with van der Waals surface area (Å²) in [7, 11) is 0. The highest BCUT2D eigenvalue weighted by atomic mass is 15.3. The number of para-hydroxylation sites is 2. The summed E-state index contributed by atoms with van der Waals surface area (Å²) in [5, 5.41) is 7.03. The van der Waals surface area contributed by atoms with E-state index in [4.69, 9.17) is 9.98 Å². The Morgan fingerprint density at radius 3 is 1.31 bits per heavy atom. The molecule has 126 valence electrons. The second kappa shape index (κ2) is 6.15. The van der Waals surface area contributed by atoms with Gasteiger partial charge in [0.15, 0.2) is 12.3 Å². The lowest BCUT2D eigenvalue weighted by Gasteiger charge is -2.35. The number of anilines is 2. The third-order valence-corrected chi connectivity index (χ3v) is 4.69. The van der Waals surface area contributed by atoms with Gasteiger partial charge in [-0.25, -0.2) is 0 Å². The van der Waals surface area contributed by atoms with Gasteiger partial charge in [0.25, 0.3) is 0 Å².